The smallest absolute Gasteiger partial charge is 0.103 e. The standard InChI is InChI=1S/C15H17N3.C2H6/c1-11-6-4-5-7-13(11)15-14-10-16-8-9-18(14)12(2)17(15)3;1-2/h4-10,12H,1-3H3;1-2H3. The van der Waals surface area contributed by atoms with Crippen LogP contribution in [0.3, 0.4) is 0 Å². The van der Waals surface area contributed by atoms with Crippen LogP contribution in [0.4, 0.5) is 0 Å². The summed E-state index contributed by atoms with van der Waals surface area (Å²) >= 11 is 0. The van der Waals surface area contributed by atoms with Gasteiger partial charge in [0, 0.05) is 25.0 Å². The molecule has 3 nitrogen and oxygen atoms in total. The molecule has 0 bridgehead atoms. The van der Waals surface area contributed by atoms with E-state index in [4.69, 9.17) is 0 Å². The molecule has 2 heterocycles. The zero-order valence-electron chi connectivity index (χ0n) is 13.0. The average molecular weight is 269 g/mol. The van der Waals surface area contributed by atoms with Gasteiger partial charge in [-0.3, -0.25) is 4.99 Å². The molecule has 1 unspecified atom stereocenters. The Labute approximate surface area is 121 Å². The highest BCUT2D eigenvalue weighted by Crippen LogP contribution is 2.36. The van der Waals surface area contributed by atoms with Crippen molar-refractivity contribution in [3.8, 4) is 0 Å². The zero-order chi connectivity index (χ0) is 14.7. The summed E-state index contributed by atoms with van der Waals surface area (Å²) in [5.41, 5.74) is 5.02. The third kappa shape index (κ3) is 2.24. The summed E-state index contributed by atoms with van der Waals surface area (Å²) in [6.07, 6.45) is 6.16. The lowest BCUT2D eigenvalue weighted by Crippen LogP contribution is -2.32. The second-order valence-corrected chi connectivity index (χ2v) is 4.78. The van der Waals surface area contributed by atoms with Crippen molar-refractivity contribution in [1.29, 1.82) is 0 Å². The van der Waals surface area contributed by atoms with Crippen LogP contribution in [-0.2, 0) is 0 Å². The van der Waals surface area contributed by atoms with E-state index in [2.05, 4.69) is 60.0 Å². The van der Waals surface area contributed by atoms with Crippen molar-refractivity contribution in [3.63, 3.8) is 0 Å². The molecule has 0 N–H and O–H groups in total. The van der Waals surface area contributed by atoms with Crippen LogP contribution in [0.1, 0.15) is 31.9 Å². The fourth-order valence-electron chi connectivity index (χ4n) is 2.60. The molecule has 3 rings (SSSR count). The Morgan fingerprint density at radius 2 is 1.85 bits per heavy atom. The van der Waals surface area contributed by atoms with Crippen molar-refractivity contribution in [3.05, 3.63) is 53.5 Å². The highest BCUT2D eigenvalue weighted by atomic mass is 15.4. The summed E-state index contributed by atoms with van der Waals surface area (Å²) in [4.78, 5) is 8.83. The second kappa shape index (κ2) is 5.95. The molecule has 0 spiro atoms. The number of nitrogens with zero attached hydrogens (tertiary/aromatic N) is 3. The summed E-state index contributed by atoms with van der Waals surface area (Å²) in [6, 6.07) is 8.50. The Balaban J connectivity index is 0.000000704. The van der Waals surface area contributed by atoms with E-state index in [1.165, 1.54) is 22.5 Å². The fourth-order valence-corrected chi connectivity index (χ4v) is 2.60. The van der Waals surface area contributed by atoms with Crippen molar-refractivity contribution < 1.29 is 0 Å². The van der Waals surface area contributed by atoms with Crippen LogP contribution in [0.5, 0.6) is 0 Å². The molecular formula is C17H23N3. The number of aryl methyl sites for hydroxylation is 1. The van der Waals surface area contributed by atoms with Gasteiger partial charge in [-0.1, -0.05) is 38.1 Å². The molecule has 1 atom stereocenters. The lowest BCUT2D eigenvalue weighted by molar-refractivity contribution is 0.249. The predicted octanol–water partition coefficient (Wildman–Crippen LogP) is 3.84. The Kier molecular flexibility index (Phi) is 4.28. The van der Waals surface area contributed by atoms with E-state index in [1.807, 2.05) is 32.5 Å². The summed E-state index contributed by atoms with van der Waals surface area (Å²) in [6.45, 7) is 8.36. The molecule has 0 aliphatic carbocycles. The van der Waals surface area contributed by atoms with E-state index in [0.717, 1.165) is 0 Å². The van der Waals surface area contributed by atoms with E-state index in [-0.39, 0.29) is 0 Å². The third-order valence-electron chi connectivity index (χ3n) is 3.75. The number of rotatable bonds is 1. The van der Waals surface area contributed by atoms with Crippen molar-refractivity contribution in [2.24, 2.45) is 4.99 Å². The molecular weight excluding hydrogens is 246 g/mol. The largest absolute Gasteiger partial charge is 0.352 e. The van der Waals surface area contributed by atoms with Gasteiger partial charge in [0.05, 0.1) is 17.6 Å². The molecule has 2 aliphatic heterocycles. The van der Waals surface area contributed by atoms with Gasteiger partial charge in [0.2, 0.25) is 0 Å². The molecule has 0 fully saturated rings. The first-order chi connectivity index (χ1) is 9.70. The first kappa shape index (κ1) is 14.4. The summed E-state index contributed by atoms with van der Waals surface area (Å²) in [5, 5.41) is 0. The van der Waals surface area contributed by atoms with Gasteiger partial charge in [-0.05, 0) is 19.4 Å². The SMILES string of the molecule is CC.Cc1ccccc1C1=C2C=NC=CN2C(C)N1C. The van der Waals surface area contributed by atoms with E-state index >= 15 is 0 Å². The Hall–Kier alpha value is -2.03. The van der Waals surface area contributed by atoms with Gasteiger partial charge in [-0.25, -0.2) is 0 Å². The van der Waals surface area contributed by atoms with Crippen molar-refractivity contribution in [2.45, 2.75) is 33.9 Å². The first-order valence-corrected chi connectivity index (χ1v) is 7.21. The van der Waals surface area contributed by atoms with Crippen LogP contribution in [-0.4, -0.2) is 29.2 Å². The Morgan fingerprint density at radius 3 is 2.55 bits per heavy atom. The fraction of sp³-hybridized carbons (Fsp3) is 0.353. The molecule has 3 heteroatoms. The topological polar surface area (TPSA) is 18.8 Å². The number of allylic oxidation sites excluding steroid dienone is 1. The van der Waals surface area contributed by atoms with Crippen LogP contribution in [0.2, 0.25) is 0 Å². The Bertz CT molecular complexity index is 569. The van der Waals surface area contributed by atoms with E-state index < -0.39 is 0 Å². The minimum absolute atomic E-state index is 0.331. The number of hydrogen-bond donors (Lipinski definition) is 0. The minimum Gasteiger partial charge on any atom is -0.352 e. The molecule has 20 heavy (non-hydrogen) atoms. The van der Waals surface area contributed by atoms with Crippen molar-refractivity contribution in [2.75, 3.05) is 7.05 Å². The molecule has 0 amide bonds. The van der Waals surface area contributed by atoms with Crippen molar-refractivity contribution in [1.82, 2.24) is 9.80 Å². The van der Waals surface area contributed by atoms with Crippen LogP contribution in [0.15, 0.2) is 47.4 Å². The maximum atomic E-state index is 4.26. The van der Waals surface area contributed by atoms with Gasteiger partial charge in [-0.15, -0.1) is 0 Å². The lowest BCUT2D eigenvalue weighted by atomic mass is 10.0. The predicted molar refractivity (Wildman–Crippen MR) is 86.1 cm³/mol. The second-order valence-electron chi connectivity index (χ2n) is 4.78. The van der Waals surface area contributed by atoms with Crippen LogP contribution in [0.25, 0.3) is 5.70 Å². The van der Waals surface area contributed by atoms with Crippen molar-refractivity contribution >= 4 is 11.9 Å². The first-order valence-electron chi connectivity index (χ1n) is 7.21. The van der Waals surface area contributed by atoms with Gasteiger partial charge in [0.1, 0.15) is 6.17 Å². The third-order valence-corrected chi connectivity index (χ3v) is 3.75. The van der Waals surface area contributed by atoms with Gasteiger partial charge in [0.25, 0.3) is 0 Å². The summed E-state index contributed by atoms with van der Waals surface area (Å²) in [5.74, 6) is 0. The lowest BCUT2D eigenvalue weighted by Gasteiger charge is -2.27. The van der Waals surface area contributed by atoms with Gasteiger partial charge in [0.15, 0.2) is 0 Å². The van der Waals surface area contributed by atoms with Gasteiger partial charge >= 0.3 is 0 Å². The van der Waals surface area contributed by atoms with Crippen LogP contribution >= 0.6 is 0 Å². The molecule has 0 saturated carbocycles. The van der Waals surface area contributed by atoms with E-state index in [9.17, 15) is 0 Å². The average Bonchev–Trinajstić information content (AvgIpc) is 2.75. The van der Waals surface area contributed by atoms with E-state index in [1.54, 1.807) is 0 Å². The molecule has 1 aromatic rings. The maximum Gasteiger partial charge on any atom is 0.103 e. The van der Waals surface area contributed by atoms with Crippen LogP contribution < -0.4 is 0 Å². The number of fused-ring (bicyclic) bond motifs is 1. The van der Waals surface area contributed by atoms with Gasteiger partial charge in [-0.2, -0.15) is 0 Å². The molecule has 0 radical (unpaired) electrons. The van der Waals surface area contributed by atoms with Gasteiger partial charge < -0.3 is 9.80 Å². The highest BCUT2D eigenvalue weighted by molar-refractivity contribution is 5.93. The maximum absolute atomic E-state index is 4.26. The number of aliphatic imine (C=N–C) groups is 1. The molecule has 0 saturated heterocycles. The summed E-state index contributed by atoms with van der Waals surface area (Å²) < 4.78 is 0. The monoisotopic (exact) mass is 269 g/mol. The molecule has 0 aromatic heterocycles. The number of benzene rings is 1. The quantitative estimate of drug-likeness (QED) is 0.771. The van der Waals surface area contributed by atoms with E-state index in [0.29, 0.717) is 6.17 Å². The number of hydrogen-bond acceptors (Lipinski definition) is 3. The highest BCUT2D eigenvalue weighted by Gasteiger charge is 2.32. The van der Waals surface area contributed by atoms with Crippen LogP contribution in [0, 0.1) is 6.92 Å². The Morgan fingerprint density at radius 1 is 1.15 bits per heavy atom. The molecule has 106 valence electrons. The normalized spacial score (nSPS) is 19.9. The summed E-state index contributed by atoms with van der Waals surface area (Å²) in [7, 11) is 2.14. The minimum atomic E-state index is 0.331. The zero-order valence-corrected chi connectivity index (χ0v) is 13.0. The molecule has 2 aliphatic rings. The molecule has 1 aromatic carbocycles.